The fraction of sp³-hybridized carbons (Fsp3) is 0.520. The molecule has 0 spiro atoms. The van der Waals surface area contributed by atoms with E-state index in [0.29, 0.717) is 24.1 Å². The number of aromatic nitrogens is 1. The van der Waals surface area contributed by atoms with Gasteiger partial charge in [-0.2, -0.15) is 13.2 Å². The molecular weight excluding hydrogens is 481 g/mol. The summed E-state index contributed by atoms with van der Waals surface area (Å²) in [6, 6.07) is 7.98. The molecule has 1 heterocycles. The number of nitrogens with one attached hydrogen (secondary N) is 1. The van der Waals surface area contributed by atoms with Crippen LogP contribution in [0.3, 0.4) is 0 Å². The molecule has 2 fully saturated rings. The van der Waals surface area contributed by atoms with Gasteiger partial charge in [-0.1, -0.05) is 43.9 Å². The van der Waals surface area contributed by atoms with E-state index in [0.717, 1.165) is 25.7 Å². The third kappa shape index (κ3) is 6.22. The molecule has 0 radical (unpaired) electrons. The second kappa shape index (κ2) is 9.89. The monoisotopic (exact) mass is 510 g/mol. The van der Waals surface area contributed by atoms with Crippen molar-refractivity contribution in [2.24, 2.45) is 11.8 Å². The van der Waals surface area contributed by atoms with E-state index in [1.165, 1.54) is 42.6 Å². The van der Waals surface area contributed by atoms with Crippen LogP contribution in [-0.4, -0.2) is 36.3 Å². The van der Waals surface area contributed by atoms with Gasteiger partial charge < -0.3 is 10.4 Å². The molecule has 2 saturated carbocycles. The molecule has 2 aliphatic rings. The van der Waals surface area contributed by atoms with Crippen molar-refractivity contribution >= 4 is 21.4 Å². The number of anilines is 1. The van der Waals surface area contributed by atoms with E-state index in [9.17, 15) is 31.5 Å². The number of hydrogen-bond acceptors (Lipinski definition) is 5. The van der Waals surface area contributed by atoms with Crippen LogP contribution in [0.15, 0.2) is 47.6 Å². The van der Waals surface area contributed by atoms with Crippen molar-refractivity contribution in [1.82, 2.24) is 4.98 Å². The molecular formula is C25H29F3N2O4S. The zero-order chi connectivity index (χ0) is 25.3. The molecule has 2 aromatic rings. The molecule has 0 aliphatic heterocycles. The number of sulfone groups is 1. The summed E-state index contributed by atoms with van der Waals surface area (Å²) in [5.74, 6) is -0.316. The zero-order valence-electron chi connectivity index (χ0n) is 19.2. The molecule has 0 saturated heterocycles. The van der Waals surface area contributed by atoms with Crippen LogP contribution < -0.4 is 5.32 Å². The quantitative estimate of drug-likeness (QED) is 0.506. The van der Waals surface area contributed by atoms with E-state index in [1.807, 2.05) is 0 Å². The molecule has 6 nitrogen and oxygen atoms in total. The number of benzene rings is 1. The number of amides is 1. The number of carbonyl (C=O) groups excluding carboxylic acids is 1. The Hall–Kier alpha value is -2.46. The highest BCUT2D eigenvalue weighted by Gasteiger charge is 2.55. The molecule has 190 valence electrons. The highest BCUT2D eigenvalue weighted by Crippen LogP contribution is 2.46. The van der Waals surface area contributed by atoms with Crippen LogP contribution in [0.25, 0.3) is 0 Å². The van der Waals surface area contributed by atoms with Gasteiger partial charge in [0.05, 0.1) is 12.2 Å². The van der Waals surface area contributed by atoms with Gasteiger partial charge in [-0.3, -0.25) is 4.79 Å². The Morgan fingerprint density at radius 3 is 2.20 bits per heavy atom. The first-order chi connectivity index (χ1) is 16.5. The van der Waals surface area contributed by atoms with Gasteiger partial charge >= 0.3 is 6.18 Å². The number of rotatable bonds is 9. The summed E-state index contributed by atoms with van der Waals surface area (Å²) in [6.07, 6.45) is 0.997. The standard InChI is InChI=1S/C25H29F3N2O4S/c26-25(27,28)24(32,14-17-3-1-2-4-17)20-8-10-21(11-9-20)30-22(31)13-19-7-12-23(29-15-19)35(33,34)16-18-5-6-18/h7-12,15,17-18,32H,1-6,13-14,16H2,(H,30,31). The van der Waals surface area contributed by atoms with Crippen LogP contribution in [-0.2, 0) is 26.7 Å². The van der Waals surface area contributed by atoms with Gasteiger partial charge in [0, 0.05) is 11.9 Å². The molecule has 4 rings (SSSR count). The number of aliphatic hydroxyl groups is 1. The fourth-order valence-electron chi connectivity index (χ4n) is 4.63. The van der Waals surface area contributed by atoms with Gasteiger partial charge in [0.1, 0.15) is 0 Å². The number of pyridine rings is 1. The van der Waals surface area contributed by atoms with Crippen molar-refractivity contribution in [3.63, 3.8) is 0 Å². The smallest absolute Gasteiger partial charge is 0.376 e. The van der Waals surface area contributed by atoms with E-state index in [-0.39, 0.29) is 41.0 Å². The van der Waals surface area contributed by atoms with Crippen LogP contribution in [0.1, 0.15) is 56.1 Å². The summed E-state index contributed by atoms with van der Waals surface area (Å²) in [5, 5.41) is 13.2. The van der Waals surface area contributed by atoms with Gasteiger partial charge in [0.15, 0.2) is 20.5 Å². The van der Waals surface area contributed by atoms with Crippen molar-refractivity contribution in [1.29, 1.82) is 0 Å². The molecule has 35 heavy (non-hydrogen) atoms. The maximum Gasteiger partial charge on any atom is 0.421 e. The Balaban J connectivity index is 1.38. The number of alkyl halides is 3. The Morgan fingerprint density at radius 2 is 1.66 bits per heavy atom. The lowest BCUT2D eigenvalue weighted by Crippen LogP contribution is -2.43. The molecule has 1 aromatic carbocycles. The zero-order valence-corrected chi connectivity index (χ0v) is 20.0. The van der Waals surface area contributed by atoms with Crippen molar-refractivity contribution in [2.75, 3.05) is 11.1 Å². The van der Waals surface area contributed by atoms with Crippen LogP contribution in [0.4, 0.5) is 18.9 Å². The van der Waals surface area contributed by atoms with Gasteiger partial charge in [-0.25, -0.2) is 13.4 Å². The maximum absolute atomic E-state index is 13.8. The van der Waals surface area contributed by atoms with E-state index in [2.05, 4.69) is 10.3 Å². The van der Waals surface area contributed by atoms with Crippen LogP contribution in [0, 0.1) is 11.8 Å². The van der Waals surface area contributed by atoms with Gasteiger partial charge in [-0.15, -0.1) is 0 Å². The van der Waals surface area contributed by atoms with Crippen LogP contribution in [0.5, 0.6) is 0 Å². The molecule has 10 heteroatoms. The Morgan fingerprint density at radius 1 is 1.00 bits per heavy atom. The predicted molar refractivity (Wildman–Crippen MR) is 124 cm³/mol. The Labute approximate surface area is 202 Å². The summed E-state index contributed by atoms with van der Waals surface area (Å²) < 4.78 is 66.0. The number of carbonyl (C=O) groups is 1. The molecule has 2 N–H and O–H groups in total. The second-order valence-electron chi connectivity index (χ2n) is 9.74. The van der Waals surface area contributed by atoms with Crippen LogP contribution in [0.2, 0.25) is 0 Å². The normalized spacial score (nSPS) is 18.9. The molecule has 1 atom stereocenters. The molecule has 1 amide bonds. The lowest BCUT2D eigenvalue weighted by molar-refractivity contribution is -0.272. The fourth-order valence-corrected chi connectivity index (χ4v) is 6.24. The minimum Gasteiger partial charge on any atom is -0.376 e. The molecule has 1 aromatic heterocycles. The molecule has 1 unspecified atom stereocenters. The van der Waals surface area contributed by atoms with Crippen molar-refractivity contribution in [2.45, 2.75) is 68.2 Å². The summed E-state index contributed by atoms with van der Waals surface area (Å²) >= 11 is 0. The van der Waals surface area contributed by atoms with Crippen LogP contribution >= 0.6 is 0 Å². The summed E-state index contributed by atoms with van der Waals surface area (Å²) in [6.45, 7) is 0. The highest BCUT2D eigenvalue weighted by atomic mass is 32.2. The second-order valence-corrected chi connectivity index (χ2v) is 11.7. The third-order valence-electron chi connectivity index (χ3n) is 6.81. The van der Waals surface area contributed by atoms with E-state index in [4.69, 9.17) is 0 Å². The average Bonchev–Trinajstić information content (AvgIpc) is 3.44. The SMILES string of the molecule is O=C(Cc1ccc(S(=O)(=O)CC2CC2)nc1)Nc1ccc(C(O)(CC2CCCC2)C(F)(F)F)cc1. The molecule has 2 aliphatic carbocycles. The minimum absolute atomic E-state index is 0.0149. The van der Waals surface area contributed by atoms with Gasteiger partial charge in [0.2, 0.25) is 5.91 Å². The average molecular weight is 511 g/mol. The largest absolute Gasteiger partial charge is 0.421 e. The van der Waals surface area contributed by atoms with E-state index >= 15 is 0 Å². The van der Waals surface area contributed by atoms with Gasteiger partial charge in [-0.05, 0) is 60.4 Å². The molecule has 0 bridgehead atoms. The van der Waals surface area contributed by atoms with Crippen molar-refractivity contribution in [3.05, 3.63) is 53.7 Å². The number of hydrogen-bond donors (Lipinski definition) is 2. The first-order valence-electron chi connectivity index (χ1n) is 11.8. The van der Waals surface area contributed by atoms with E-state index in [1.54, 1.807) is 0 Å². The highest BCUT2D eigenvalue weighted by molar-refractivity contribution is 7.91. The first kappa shape index (κ1) is 25.6. The first-order valence-corrected chi connectivity index (χ1v) is 13.5. The number of halogens is 3. The summed E-state index contributed by atoms with van der Waals surface area (Å²) in [5.41, 5.74) is -2.38. The Kier molecular flexibility index (Phi) is 7.24. The lowest BCUT2D eigenvalue weighted by Gasteiger charge is -2.33. The summed E-state index contributed by atoms with van der Waals surface area (Å²) in [4.78, 5) is 16.4. The van der Waals surface area contributed by atoms with Crippen molar-refractivity contribution < 1.29 is 31.5 Å². The van der Waals surface area contributed by atoms with Crippen molar-refractivity contribution in [3.8, 4) is 0 Å². The maximum atomic E-state index is 13.8. The number of nitrogens with zero attached hydrogens (tertiary/aromatic N) is 1. The predicted octanol–water partition coefficient (Wildman–Crippen LogP) is 4.78. The Bertz CT molecular complexity index is 1140. The summed E-state index contributed by atoms with van der Waals surface area (Å²) in [7, 11) is -3.44. The third-order valence-corrected chi connectivity index (χ3v) is 8.60. The lowest BCUT2D eigenvalue weighted by atomic mass is 9.83. The van der Waals surface area contributed by atoms with Gasteiger partial charge in [0.25, 0.3) is 0 Å². The minimum atomic E-state index is -4.81. The van der Waals surface area contributed by atoms with E-state index < -0.39 is 27.5 Å². The topological polar surface area (TPSA) is 96.4 Å².